The van der Waals surface area contributed by atoms with E-state index in [0.29, 0.717) is 5.56 Å². The number of nitriles is 1. The first-order valence-corrected chi connectivity index (χ1v) is 8.64. The van der Waals surface area contributed by atoms with Crippen LogP contribution >= 0.6 is 0 Å². The molecule has 2 aromatic carbocycles. The molecule has 2 N–H and O–H groups in total. The molecule has 1 aromatic heterocycles. The van der Waals surface area contributed by atoms with Crippen molar-refractivity contribution in [3.8, 4) is 17.3 Å². The molecule has 0 radical (unpaired) electrons. The third-order valence-corrected chi connectivity index (χ3v) is 4.38. The van der Waals surface area contributed by atoms with Gasteiger partial charge in [0.05, 0.1) is 17.1 Å². The van der Waals surface area contributed by atoms with Gasteiger partial charge in [0.2, 0.25) is 0 Å². The van der Waals surface area contributed by atoms with Crippen LogP contribution in [0.15, 0.2) is 42.5 Å². The Balaban J connectivity index is 0.000000948. The van der Waals surface area contributed by atoms with Gasteiger partial charge in [-0.25, -0.2) is 9.07 Å². The highest BCUT2D eigenvalue weighted by molar-refractivity contribution is 5.94. The lowest BCUT2D eigenvalue weighted by Crippen LogP contribution is -2.19. The number of hydrogen-bond acceptors (Lipinski definition) is 4. The standard InChI is InChI=1S/C19H16FN3O.CH5N/c20-15-7-5-14(6-8-15)19-16-11-13(12-21)4-9-17(16)23(22-19)18-3-1-2-10-24-18;1-2/h4-9,11,18H,1-3,10H2;2H2,1H3. The second-order valence-electron chi connectivity index (χ2n) is 5.97. The summed E-state index contributed by atoms with van der Waals surface area (Å²) in [5, 5.41) is 14.8. The van der Waals surface area contributed by atoms with E-state index in [0.717, 1.165) is 48.0 Å². The summed E-state index contributed by atoms with van der Waals surface area (Å²) in [6.07, 6.45) is 3.00. The number of nitrogens with zero attached hydrogens (tertiary/aromatic N) is 3. The van der Waals surface area contributed by atoms with E-state index >= 15 is 0 Å². The van der Waals surface area contributed by atoms with E-state index in [1.807, 2.05) is 16.8 Å². The Hall–Kier alpha value is -2.75. The summed E-state index contributed by atoms with van der Waals surface area (Å²) in [6, 6.07) is 14.0. The maximum absolute atomic E-state index is 13.2. The predicted molar refractivity (Wildman–Crippen MR) is 98.8 cm³/mol. The van der Waals surface area contributed by atoms with Crippen molar-refractivity contribution in [2.75, 3.05) is 13.7 Å². The molecule has 1 atom stereocenters. The van der Waals surface area contributed by atoms with Gasteiger partial charge in [0, 0.05) is 17.6 Å². The Morgan fingerprint density at radius 2 is 1.96 bits per heavy atom. The zero-order valence-electron chi connectivity index (χ0n) is 14.7. The molecule has 1 unspecified atom stereocenters. The lowest BCUT2D eigenvalue weighted by Gasteiger charge is -2.23. The third kappa shape index (κ3) is 3.45. The summed E-state index contributed by atoms with van der Waals surface area (Å²) in [5.41, 5.74) is 7.58. The highest BCUT2D eigenvalue weighted by Crippen LogP contribution is 2.33. The van der Waals surface area contributed by atoms with Gasteiger partial charge in [0.15, 0.2) is 6.23 Å². The van der Waals surface area contributed by atoms with Crippen LogP contribution in [0.2, 0.25) is 0 Å². The Bertz CT molecular complexity index is 921. The number of hydrogen-bond donors (Lipinski definition) is 1. The molecule has 1 fully saturated rings. The van der Waals surface area contributed by atoms with Crippen LogP contribution in [0.5, 0.6) is 0 Å². The first kappa shape index (κ1) is 18.1. The minimum absolute atomic E-state index is 0.0941. The molecule has 5 nitrogen and oxygen atoms in total. The van der Waals surface area contributed by atoms with Crippen molar-refractivity contribution in [1.82, 2.24) is 9.78 Å². The number of nitrogens with two attached hydrogens (primary N) is 1. The molecule has 1 aliphatic rings. The van der Waals surface area contributed by atoms with E-state index < -0.39 is 0 Å². The molecule has 26 heavy (non-hydrogen) atoms. The Morgan fingerprint density at radius 1 is 1.19 bits per heavy atom. The van der Waals surface area contributed by atoms with Crippen LogP contribution in [0.1, 0.15) is 31.1 Å². The van der Waals surface area contributed by atoms with Gasteiger partial charge in [-0.2, -0.15) is 10.4 Å². The highest BCUT2D eigenvalue weighted by atomic mass is 19.1. The van der Waals surface area contributed by atoms with Crippen LogP contribution in [-0.4, -0.2) is 23.4 Å². The number of benzene rings is 2. The molecule has 1 aliphatic heterocycles. The van der Waals surface area contributed by atoms with Crippen molar-refractivity contribution >= 4 is 10.9 Å². The van der Waals surface area contributed by atoms with Gasteiger partial charge < -0.3 is 10.5 Å². The lowest BCUT2D eigenvalue weighted by atomic mass is 10.1. The molecule has 134 valence electrons. The quantitative estimate of drug-likeness (QED) is 0.756. The number of halogens is 1. The molecule has 4 rings (SSSR count). The molecule has 3 aromatic rings. The molecule has 0 saturated carbocycles. The largest absolute Gasteiger partial charge is 0.356 e. The van der Waals surface area contributed by atoms with Crippen LogP contribution in [0, 0.1) is 17.1 Å². The fraction of sp³-hybridized carbons (Fsp3) is 0.300. The summed E-state index contributed by atoms with van der Waals surface area (Å²) < 4.78 is 21.0. The zero-order chi connectivity index (χ0) is 18.5. The van der Waals surface area contributed by atoms with Crippen molar-refractivity contribution < 1.29 is 9.13 Å². The van der Waals surface area contributed by atoms with Gasteiger partial charge in [0.1, 0.15) is 11.5 Å². The first-order chi connectivity index (χ1) is 12.8. The van der Waals surface area contributed by atoms with E-state index in [1.165, 1.54) is 19.2 Å². The van der Waals surface area contributed by atoms with Gasteiger partial charge in [-0.1, -0.05) is 0 Å². The monoisotopic (exact) mass is 352 g/mol. The molecule has 0 bridgehead atoms. The van der Waals surface area contributed by atoms with Gasteiger partial charge in [-0.3, -0.25) is 0 Å². The minimum atomic E-state index is -0.282. The van der Waals surface area contributed by atoms with Gasteiger partial charge >= 0.3 is 0 Å². The Labute approximate surface area is 151 Å². The van der Waals surface area contributed by atoms with Crippen molar-refractivity contribution in [3.63, 3.8) is 0 Å². The van der Waals surface area contributed by atoms with Gasteiger partial charge in [0.25, 0.3) is 0 Å². The van der Waals surface area contributed by atoms with E-state index in [4.69, 9.17) is 9.84 Å². The lowest BCUT2D eigenvalue weighted by molar-refractivity contribution is -0.0365. The summed E-state index contributed by atoms with van der Waals surface area (Å²) >= 11 is 0. The summed E-state index contributed by atoms with van der Waals surface area (Å²) in [4.78, 5) is 0. The minimum Gasteiger partial charge on any atom is -0.356 e. The predicted octanol–water partition coefficient (Wildman–Crippen LogP) is 3.99. The Morgan fingerprint density at radius 3 is 2.62 bits per heavy atom. The maximum atomic E-state index is 13.2. The van der Waals surface area contributed by atoms with E-state index in [1.54, 1.807) is 18.2 Å². The van der Waals surface area contributed by atoms with E-state index in [9.17, 15) is 9.65 Å². The molecule has 0 aliphatic carbocycles. The Kier molecular flexibility index (Phi) is 5.61. The highest BCUT2D eigenvalue weighted by Gasteiger charge is 2.21. The van der Waals surface area contributed by atoms with Crippen LogP contribution in [0.4, 0.5) is 4.39 Å². The van der Waals surface area contributed by atoms with E-state index in [2.05, 4.69) is 11.8 Å². The van der Waals surface area contributed by atoms with Crippen molar-refractivity contribution in [2.24, 2.45) is 5.73 Å². The normalized spacial score (nSPS) is 16.6. The summed E-state index contributed by atoms with van der Waals surface area (Å²) in [6.45, 7) is 0.730. The summed E-state index contributed by atoms with van der Waals surface area (Å²) in [5.74, 6) is -0.282. The second kappa shape index (κ2) is 8.09. The van der Waals surface area contributed by atoms with Crippen molar-refractivity contribution in [3.05, 3.63) is 53.8 Å². The van der Waals surface area contributed by atoms with Crippen LogP contribution < -0.4 is 5.73 Å². The van der Waals surface area contributed by atoms with Gasteiger partial charge in [-0.05, 0) is 68.8 Å². The molecule has 0 spiro atoms. The number of ether oxygens (including phenoxy) is 1. The van der Waals surface area contributed by atoms with Crippen LogP contribution in [-0.2, 0) is 4.74 Å². The smallest absolute Gasteiger partial charge is 0.150 e. The average Bonchev–Trinajstić information content (AvgIpc) is 3.09. The first-order valence-electron chi connectivity index (χ1n) is 8.64. The molecular weight excluding hydrogens is 331 g/mol. The zero-order valence-corrected chi connectivity index (χ0v) is 14.7. The molecule has 2 heterocycles. The van der Waals surface area contributed by atoms with Crippen molar-refractivity contribution in [1.29, 1.82) is 5.26 Å². The fourth-order valence-corrected chi connectivity index (χ4v) is 3.17. The molecular formula is C20H21FN4O. The maximum Gasteiger partial charge on any atom is 0.150 e. The number of aromatic nitrogens is 2. The average molecular weight is 352 g/mol. The SMILES string of the molecule is CN.N#Cc1ccc2c(c1)c(-c1ccc(F)cc1)nn2C1CCCCO1. The van der Waals surface area contributed by atoms with Crippen molar-refractivity contribution in [2.45, 2.75) is 25.5 Å². The molecule has 0 amide bonds. The molecule has 1 saturated heterocycles. The third-order valence-electron chi connectivity index (χ3n) is 4.38. The molecule has 6 heteroatoms. The second-order valence-corrected chi connectivity index (χ2v) is 5.97. The van der Waals surface area contributed by atoms with Gasteiger partial charge in [-0.15, -0.1) is 0 Å². The topological polar surface area (TPSA) is 76.9 Å². The number of rotatable bonds is 2. The van der Waals surface area contributed by atoms with Crippen LogP contribution in [0.3, 0.4) is 0 Å². The fourth-order valence-electron chi connectivity index (χ4n) is 3.17. The number of fused-ring (bicyclic) bond motifs is 1. The van der Waals surface area contributed by atoms with Crippen LogP contribution in [0.25, 0.3) is 22.2 Å². The summed E-state index contributed by atoms with van der Waals surface area (Å²) in [7, 11) is 1.50. The van der Waals surface area contributed by atoms with E-state index in [-0.39, 0.29) is 12.0 Å².